The quantitative estimate of drug-likeness (QED) is 0.619. The van der Waals surface area contributed by atoms with Crippen molar-refractivity contribution in [1.82, 2.24) is 15.0 Å². The minimum Gasteiger partial charge on any atom is -0.393 e. The summed E-state index contributed by atoms with van der Waals surface area (Å²) in [7, 11) is 0. The Hall–Kier alpha value is -2.74. The van der Waals surface area contributed by atoms with Gasteiger partial charge >= 0.3 is 0 Å². The van der Waals surface area contributed by atoms with Gasteiger partial charge in [0.1, 0.15) is 5.82 Å². The van der Waals surface area contributed by atoms with Gasteiger partial charge in [-0.15, -0.1) is 0 Å². The van der Waals surface area contributed by atoms with Gasteiger partial charge < -0.3 is 21.5 Å². The highest BCUT2D eigenvalue weighted by Gasteiger charge is 2.24. The van der Waals surface area contributed by atoms with E-state index < -0.39 is 5.91 Å². The van der Waals surface area contributed by atoms with Crippen LogP contribution in [0.1, 0.15) is 53.7 Å². The minimum atomic E-state index is -0.567. The number of anilines is 2. The van der Waals surface area contributed by atoms with Crippen LogP contribution in [0.25, 0.3) is 0 Å². The Kier molecular flexibility index (Phi) is 5.38. The number of fused-ring (bicyclic) bond motifs is 1. The highest BCUT2D eigenvalue weighted by atomic mass is 16.3. The summed E-state index contributed by atoms with van der Waals surface area (Å²) in [6, 6.07) is 4.34. The zero-order valence-corrected chi connectivity index (χ0v) is 15.8. The molecule has 2 aliphatic carbocycles. The summed E-state index contributed by atoms with van der Waals surface area (Å²) in [6.07, 6.45) is 9.02. The molecule has 1 amide bonds. The molecule has 1 fully saturated rings. The Balaban J connectivity index is 1.49. The lowest BCUT2D eigenvalue weighted by Crippen LogP contribution is -2.32. The summed E-state index contributed by atoms with van der Waals surface area (Å²) in [6.45, 7) is 0. The van der Waals surface area contributed by atoms with Gasteiger partial charge in [-0.05, 0) is 56.6 Å². The smallest absolute Gasteiger partial charge is 0.254 e. The number of amides is 1. The van der Waals surface area contributed by atoms with E-state index in [0.717, 1.165) is 44.2 Å². The van der Waals surface area contributed by atoms with Crippen LogP contribution >= 0.6 is 0 Å². The first-order chi connectivity index (χ1) is 13.6. The molecule has 2 aromatic rings. The highest BCUT2D eigenvalue weighted by molar-refractivity contribution is 5.97. The van der Waals surface area contributed by atoms with Crippen LogP contribution in [-0.4, -0.2) is 44.2 Å². The van der Waals surface area contributed by atoms with Gasteiger partial charge in [0.15, 0.2) is 0 Å². The number of aliphatic hydroxyl groups excluding tert-OH is 1. The van der Waals surface area contributed by atoms with Crippen molar-refractivity contribution in [3.8, 4) is 0 Å². The van der Waals surface area contributed by atoms with E-state index in [-0.39, 0.29) is 23.8 Å². The van der Waals surface area contributed by atoms with Crippen LogP contribution in [0.15, 0.2) is 24.5 Å². The monoisotopic (exact) mass is 382 g/mol. The number of hydrogen-bond donors (Lipinski definition) is 4. The third kappa shape index (κ3) is 4.22. The maximum absolute atomic E-state index is 11.8. The first-order valence-corrected chi connectivity index (χ1v) is 9.89. The molecular weight excluding hydrogens is 356 g/mol. The van der Waals surface area contributed by atoms with E-state index in [2.05, 4.69) is 31.7 Å². The van der Waals surface area contributed by atoms with E-state index in [1.165, 1.54) is 11.8 Å². The van der Waals surface area contributed by atoms with Gasteiger partial charge in [0, 0.05) is 30.2 Å². The molecule has 0 radical (unpaired) electrons. The molecule has 3 atom stereocenters. The van der Waals surface area contributed by atoms with Gasteiger partial charge in [-0.1, -0.05) is 6.07 Å². The van der Waals surface area contributed by atoms with E-state index in [1.54, 1.807) is 0 Å². The third-order valence-electron chi connectivity index (χ3n) is 5.56. The van der Waals surface area contributed by atoms with Crippen LogP contribution in [0.4, 0.5) is 11.8 Å². The number of nitrogens with two attached hydrogens (primary N) is 1. The van der Waals surface area contributed by atoms with Crippen LogP contribution < -0.4 is 16.4 Å². The lowest BCUT2D eigenvalue weighted by Gasteiger charge is -2.28. The molecule has 0 aliphatic heterocycles. The standard InChI is InChI=1S/C20H26N6O2/c21-18(28)16-11-23-20(26-19(16)24-13-4-1-5-15(27)10-13)25-14-6-7-17-12(9-14)3-2-8-22-17/h2-3,8,11,13-15,27H,1,4-7,9-10H2,(H2,21,28)(H2,23,24,25,26)/t13-,14?,15+/m1/s1. The fraction of sp³-hybridized carbons (Fsp3) is 0.500. The van der Waals surface area contributed by atoms with E-state index in [4.69, 9.17) is 5.73 Å². The minimum absolute atomic E-state index is 0.0669. The average molecular weight is 382 g/mol. The Morgan fingerprint density at radius 2 is 2.07 bits per heavy atom. The molecule has 148 valence electrons. The number of carbonyl (C=O) groups is 1. The number of nitrogens with zero attached hydrogens (tertiary/aromatic N) is 3. The number of carbonyl (C=O) groups excluding carboxylic acids is 1. The van der Waals surface area contributed by atoms with Gasteiger partial charge in [-0.3, -0.25) is 9.78 Å². The molecule has 0 saturated heterocycles. The summed E-state index contributed by atoms with van der Waals surface area (Å²) in [5, 5.41) is 16.6. The number of primary amides is 1. The van der Waals surface area contributed by atoms with E-state index in [1.807, 2.05) is 12.3 Å². The summed E-state index contributed by atoms with van der Waals surface area (Å²) in [5.74, 6) is 0.339. The summed E-state index contributed by atoms with van der Waals surface area (Å²) in [5.41, 5.74) is 8.17. The molecule has 2 aliphatic rings. The highest BCUT2D eigenvalue weighted by Crippen LogP contribution is 2.25. The zero-order valence-electron chi connectivity index (χ0n) is 15.8. The summed E-state index contributed by atoms with van der Waals surface area (Å²) in [4.78, 5) is 25.1. The van der Waals surface area contributed by atoms with Crippen LogP contribution in [0.5, 0.6) is 0 Å². The maximum atomic E-state index is 11.8. The van der Waals surface area contributed by atoms with Crippen LogP contribution in [-0.2, 0) is 12.8 Å². The lowest BCUT2D eigenvalue weighted by atomic mass is 9.92. The topological polar surface area (TPSA) is 126 Å². The Labute approximate surface area is 164 Å². The molecule has 8 heteroatoms. The predicted molar refractivity (Wildman–Crippen MR) is 106 cm³/mol. The van der Waals surface area contributed by atoms with Crippen molar-refractivity contribution in [2.24, 2.45) is 5.73 Å². The molecular formula is C20H26N6O2. The van der Waals surface area contributed by atoms with Crippen molar-refractivity contribution in [2.75, 3.05) is 10.6 Å². The molecule has 28 heavy (non-hydrogen) atoms. The third-order valence-corrected chi connectivity index (χ3v) is 5.56. The van der Waals surface area contributed by atoms with Crippen molar-refractivity contribution >= 4 is 17.7 Å². The van der Waals surface area contributed by atoms with Crippen molar-refractivity contribution in [1.29, 1.82) is 0 Å². The number of aliphatic hydroxyl groups is 1. The number of rotatable bonds is 5. The predicted octanol–water partition coefficient (Wildman–Crippen LogP) is 1.66. The second kappa shape index (κ2) is 8.10. The molecule has 1 unspecified atom stereocenters. The first kappa shape index (κ1) is 18.6. The summed E-state index contributed by atoms with van der Waals surface area (Å²) >= 11 is 0. The SMILES string of the molecule is NC(=O)c1cnc(NC2CCc3ncccc3C2)nc1N[C@@H]1CCC[C@H](O)C1. The molecule has 2 heterocycles. The molecule has 5 N–H and O–H groups in total. The molecule has 0 bridgehead atoms. The van der Waals surface area contributed by atoms with Gasteiger partial charge in [-0.2, -0.15) is 4.98 Å². The van der Waals surface area contributed by atoms with Crippen LogP contribution in [0, 0.1) is 0 Å². The first-order valence-electron chi connectivity index (χ1n) is 9.89. The molecule has 8 nitrogen and oxygen atoms in total. The number of hydrogen-bond acceptors (Lipinski definition) is 7. The largest absolute Gasteiger partial charge is 0.393 e. The molecule has 2 aromatic heterocycles. The van der Waals surface area contributed by atoms with E-state index >= 15 is 0 Å². The Morgan fingerprint density at radius 3 is 2.89 bits per heavy atom. The fourth-order valence-corrected chi connectivity index (χ4v) is 4.10. The van der Waals surface area contributed by atoms with Crippen molar-refractivity contribution in [3.05, 3.63) is 41.3 Å². The lowest BCUT2D eigenvalue weighted by molar-refractivity contribution is 0.100. The van der Waals surface area contributed by atoms with Gasteiger partial charge in [0.25, 0.3) is 5.91 Å². The van der Waals surface area contributed by atoms with Crippen LogP contribution in [0.3, 0.4) is 0 Å². The van der Waals surface area contributed by atoms with Gasteiger partial charge in [0.2, 0.25) is 5.95 Å². The number of pyridine rings is 1. The Morgan fingerprint density at radius 1 is 1.18 bits per heavy atom. The summed E-state index contributed by atoms with van der Waals surface area (Å²) < 4.78 is 0. The van der Waals surface area contributed by atoms with Crippen molar-refractivity contribution in [2.45, 2.75) is 63.1 Å². The average Bonchev–Trinajstić information content (AvgIpc) is 2.68. The van der Waals surface area contributed by atoms with Crippen molar-refractivity contribution in [3.63, 3.8) is 0 Å². The van der Waals surface area contributed by atoms with E-state index in [0.29, 0.717) is 18.2 Å². The zero-order chi connectivity index (χ0) is 19.5. The normalized spacial score (nSPS) is 24.2. The molecule has 1 saturated carbocycles. The molecule has 0 spiro atoms. The van der Waals surface area contributed by atoms with Gasteiger partial charge in [0.05, 0.1) is 11.7 Å². The second-order valence-corrected chi connectivity index (χ2v) is 7.68. The fourth-order valence-electron chi connectivity index (χ4n) is 4.10. The van der Waals surface area contributed by atoms with E-state index in [9.17, 15) is 9.90 Å². The van der Waals surface area contributed by atoms with Gasteiger partial charge in [-0.25, -0.2) is 4.98 Å². The maximum Gasteiger partial charge on any atom is 0.254 e. The number of nitrogens with one attached hydrogen (secondary N) is 2. The molecule has 0 aromatic carbocycles. The van der Waals surface area contributed by atoms with Crippen molar-refractivity contribution < 1.29 is 9.90 Å². The van der Waals surface area contributed by atoms with Crippen LogP contribution in [0.2, 0.25) is 0 Å². The molecule has 4 rings (SSSR count). The number of aryl methyl sites for hydroxylation is 1. The second-order valence-electron chi connectivity index (χ2n) is 7.68. The number of aromatic nitrogens is 3. The Bertz CT molecular complexity index is 858.